The molecule has 0 saturated carbocycles. The predicted octanol–water partition coefficient (Wildman–Crippen LogP) is 2.59. The average molecular weight is 261 g/mol. The molecule has 1 aliphatic rings. The van der Waals surface area contributed by atoms with E-state index in [4.69, 9.17) is 4.74 Å². The third-order valence-electron chi connectivity index (χ3n) is 3.53. The lowest BCUT2D eigenvalue weighted by Crippen LogP contribution is -2.33. The van der Waals surface area contributed by atoms with Gasteiger partial charge in [-0.05, 0) is 32.1 Å². The lowest BCUT2D eigenvalue weighted by atomic mass is 9.94. The van der Waals surface area contributed by atoms with Crippen molar-refractivity contribution in [3.05, 3.63) is 30.2 Å². The first-order chi connectivity index (χ1) is 9.29. The Morgan fingerprint density at radius 1 is 1.37 bits per heavy atom. The normalized spacial score (nSPS) is 18.5. The fourth-order valence-electron chi connectivity index (χ4n) is 2.45. The van der Waals surface area contributed by atoms with Crippen LogP contribution in [0.15, 0.2) is 24.5 Å². The van der Waals surface area contributed by atoms with E-state index in [1.165, 1.54) is 19.3 Å². The van der Waals surface area contributed by atoms with Crippen LogP contribution >= 0.6 is 0 Å². The monoisotopic (exact) mass is 261 g/mol. The Morgan fingerprint density at radius 3 is 2.95 bits per heavy atom. The van der Waals surface area contributed by atoms with E-state index in [2.05, 4.69) is 27.0 Å². The van der Waals surface area contributed by atoms with Gasteiger partial charge >= 0.3 is 0 Å². The number of aromatic nitrogens is 2. The number of hydrogen-bond donors (Lipinski definition) is 0. The van der Waals surface area contributed by atoms with Crippen LogP contribution in [0.2, 0.25) is 0 Å². The highest BCUT2D eigenvalue weighted by Gasteiger charge is 2.16. The fraction of sp³-hybridized carbons (Fsp3) is 0.600. The number of rotatable bonds is 6. The van der Waals surface area contributed by atoms with Crippen LogP contribution in [0.25, 0.3) is 0 Å². The second kappa shape index (κ2) is 7.24. The second-order valence-corrected chi connectivity index (χ2v) is 5.11. The molecule has 1 unspecified atom stereocenters. The van der Waals surface area contributed by atoms with E-state index in [1.54, 1.807) is 13.4 Å². The summed E-state index contributed by atoms with van der Waals surface area (Å²) in [5.41, 5.74) is 1.01. The van der Waals surface area contributed by atoms with Crippen molar-refractivity contribution >= 4 is 5.82 Å². The second-order valence-electron chi connectivity index (χ2n) is 5.11. The zero-order valence-corrected chi connectivity index (χ0v) is 11.9. The van der Waals surface area contributed by atoms with Gasteiger partial charge in [0.05, 0.1) is 6.61 Å². The molecule has 0 spiro atoms. The Kier molecular flexibility index (Phi) is 5.33. The van der Waals surface area contributed by atoms with Gasteiger partial charge in [-0.3, -0.25) is 0 Å². The van der Waals surface area contributed by atoms with Crippen LogP contribution in [0.3, 0.4) is 0 Å². The van der Waals surface area contributed by atoms with Gasteiger partial charge in [0.15, 0.2) is 0 Å². The van der Waals surface area contributed by atoms with Crippen molar-refractivity contribution in [3.8, 4) is 0 Å². The molecular weight excluding hydrogens is 238 g/mol. The number of methoxy groups -OCH3 is 1. The summed E-state index contributed by atoms with van der Waals surface area (Å²) >= 11 is 0. The maximum absolute atomic E-state index is 5.21. The number of allylic oxidation sites excluding steroid dienone is 2. The topological polar surface area (TPSA) is 38.2 Å². The number of hydrogen-bond acceptors (Lipinski definition) is 4. The maximum Gasteiger partial charge on any atom is 0.132 e. The first-order valence-electron chi connectivity index (χ1n) is 6.97. The number of ether oxygens (including phenoxy) is 1. The lowest BCUT2D eigenvalue weighted by molar-refractivity contribution is 0.203. The van der Waals surface area contributed by atoms with Crippen LogP contribution < -0.4 is 4.90 Å². The van der Waals surface area contributed by atoms with Gasteiger partial charge in [0.1, 0.15) is 12.1 Å². The zero-order valence-electron chi connectivity index (χ0n) is 11.9. The standard InChI is InChI=1S/C15H23N3O/c1-13-10-15(17-12-16-13)18(8-9-19-2)11-14-6-4-3-5-7-14/h3-4,10,12,14H,5-9,11H2,1-2H3. The molecule has 4 nitrogen and oxygen atoms in total. The number of aryl methyl sites for hydroxylation is 1. The minimum atomic E-state index is 0.720. The molecule has 1 atom stereocenters. The Balaban J connectivity index is 2.04. The molecule has 0 fully saturated rings. The van der Waals surface area contributed by atoms with Crippen molar-refractivity contribution in [1.82, 2.24) is 9.97 Å². The van der Waals surface area contributed by atoms with Gasteiger partial charge in [-0.15, -0.1) is 0 Å². The van der Waals surface area contributed by atoms with Crippen LogP contribution in [0.4, 0.5) is 5.82 Å². The average Bonchev–Trinajstić information content (AvgIpc) is 2.44. The Morgan fingerprint density at radius 2 is 2.26 bits per heavy atom. The SMILES string of the molecule is COCCN(CC1CC=CCC1)c1cc(C)ncn1. The molecule has 1 aromatic rings. The molecule has 19 heavy (non-hydrogen) atoms. The molecule has 0 bridgehead atoms. The summed E-state index contributed by atoms with van der Waals surface area (Å²) in [6, 6.07) is 2.05. The van der Waals surface area contributed by atoms with Crippen molar-refractivity contribution in [3.63, 3.8) is 0 Å². The van der Waals surface area contributed by atoms with Gasteiger partial charge in [0.25, 0.3) is 0 Å². The van der Waals surface area contributed by atoms with Crippen LogP contribution in [-0.2, 0) is 4.74 Å². The summed E-state index contributed by atoms with van der Waals surface area (Å²) in [6.07, 6.45) is 9.87. The molecule has 4 heteroatoms. The Hall–Kier alpha value is -1.42. The molecule has 0 aromatic carbocycles. The van der Waals surface area contributed by atoms with Gasteiger partial charge in [-0.2, -0.15) is 0 Å². The molecule has 0 saturated heterocycles. The van der Waals surface area contributed by atoms with Gasteiger partial charge in [-0.25, -0.2) is 9.97 Å². The third kappa shape index (κ3) is 4.31. The van der Waals surface area contributed by atoms with Crippen LogP contribution in [-0.4, -0.2) is 36.8 Å². The van der Waals surface area contributed by atoms with Crippen molar-refractivity contribution in [2.24, 2.45) is 5.92 Å². The van der Waals surface area contributed by atoms with Crippen molar-refractivity contribution in [2.45, 2.75) is 26.2 Å². The summed E-state index contributed by atoms with van der Waals surface area (Å²) in [5.74, 6) is 1.73. The highest BCUT2D eigenvalue weighted by Crippen LogP contribution is 2.21. The molecule has 0 amide bonds. The summed E-state index contributed by atoms with van der Waals surface area (Å²) in [7, 11) is 1.74. The van der Waals surface area contributed by atoms with E-state index in [-0.39, 0.29) is 0 Å². The molecular formula is C15H23N3O. The molecule has 1 aromatic heterocycles. The minimum absolute atomic E-state index is 0.720. The molecule has 1 heterocycles. The predicted molar refractivity (Wildman–Crippen MR) is 77.3 cm³/mol. The molecule has 0 N–H and O–H groups in total. The van der Waals surface area contributed by atoms with Gasteiger partial charge < -0.3 is 9.64 Å². The first-order valence-corrected chi connectivity index (χ1v) is 6.97. The van der Waals surface area contributed by atoms with Crippen LogP contribution in [0, 0.1) is 12.8 Å². The fourth-order valence-corrected chi connectivity index (χ4v) is 2.45. The summed E-state index contributed by atoms with van der Waals surface area (Å²) < 4.78 is 5.21. The minimum Gasteiger partial charge on any atom is -0.383 e. The van der Waals surface area contributed by atoms with Gasteiger partial charge in [0.2, 0.25) is 0 Å². The summed E-state index contributed by atoms with van der Waals surface area (Å²) in [6.45, 7) is 4.66. The van der Waals surface area contributed by atoms with E-state index in [1.807, 2.05) is 13.0 Å². The van der Waals surface area contributed by atoms with E-state index in [9.17, 15) is 0 Å². The van der Waals surface area contributed by atoms with E-state index in [0.717, 1.165) is 37.1 Å². The van der Waals surface area contributed by atoms with Gasteiger partial charge in [0, 0.05) is 32.0 Å². The third-order valence-corrected chi connectivity index (χ3v) is 3.53. The highest BCUT2D eigenvalue weighted by molar-refractivity contribution is 5.38. The van der Waals surface area contributed by atoms with E-state index in [0.29, 0.717) is 0 Å². The smallest absolute Gasteiger partial charge is 0.132 e. The van der Waals surface area contributed by atoms with Crippen molar-refractivity contribution < 1.29 is 4.74 Å². The van der Waals surface area contributed by atoms with Crippen LogP contribution in [0.1, 0.15) is 25.0 Å². The van der Waals surface area contributed by atoms with Crippen molar-refractivity contribution in [2.75, 3.05) is 31.7 Å². The van der Waals surface area contributed by atoms with Gasteiger partial charge in [-0.1, -0.05) is 12.2 Å². The summed E-state index contributed by atoms with van der Waals surface area (Å²) in [5, 5.41) is 0. The molecule has 1 aliphatic carbocycles. The van der Waals surface area contributed by atoms with Crippen LogP contribution in [0.5, 0.6) is 0 Å². The first kappa shape index (κ1) is 14.0. The van der Waals surface area contributed by atoms with Crippen molar-refractivity contribution in [1.29, 1.82) is 0 Å². The molecule has 2 rings (SSSR count). The maximum atomic E-state index is 5.21. The quantitative estimate of drug-likeness (QED) is 0.738. The van der Waals surface area contributed by atoms with E-state index >= 15 is 0 Å². The zero-order chi connectivity index (χ0) is 13.5. The number of anilines is 1. The molecule has 0 radical (unpaired) electrons. The summed E-state index contributed by atoms with van der Waals surface area (Å²) in [4.78, 5) is 10.9. The largest absolute Gasteiger partial charge is 0.383 e. The molecule has 0 aliphatic heterocycles. The Bertz CT molecular complexity index is 420. The lowest BCUT2D eigenvalue weighted by Gasteiger charge is -2.29. The highest BCUT2D eigenvalue weighted by atomic mass is 16.5. The number of nitrogens with zero attached hydrogens (tertiary/aromatic N) is 3. The Labute approximate surface area is 115 Å². The van der Waals surface area contributed by atoms with E-state index < -0.39 is 0 Å². The molecule has 104 valence electrons.